The number of carbonyl (C=O) groups excluding carboxylic acids is 2. The molecule has 0 aromatic rings. The van der Waals surface area contributed by atoms with Crippen molar-refractivity contribution in [3.63, 3.8) is 0 Å². The van der Waals surface area contributed by atoms with E-state index in [0.717, 1.165) is 4.90 Å². The highest BCUT2D eigenvalue weighted by Gasteiger charge is 2.50. The predicted octanol–water partition coefficient (Wildman–Crippen LogP) is 0.940. The average Bonchev–Trinajstić information content (AvgIpc) is 2.30. The number of hydrogen-bond acceptors (Lipinski definition) is 4. The molecule has 1 saturated heterocycles. The smallest absolute Gasteiger partial charge is 0.407 e. The molecule has 6 heteroatoms. The van der Waals surface area contributed by atoms with Crippen LogP contribution in [0.15, 0.2) is 0 Å². The van der Waals surface area contributed by atoms with E-state index < -0.39 is 23.3 Å². The molecular weight excluding hydrogens is 238 g/mol. The Morgan fingerprint density at radius 3 is 2.50 bits per heavy atom. The van der Waals surface area contributed by atoms with Crippen LogP contribution in [0.1, 0.15) is 27.2 Å². The van der Waals surface area contributed by atoms with Gasteiger partial charge in [-0.3, -0.25) is 9.59 Å². The van der Waals surface area contributed by atoms with Gasteiger partial charge in [-0.2, -0.15) is 0 Å². The number of carbonyl (C=O) groups is 3. The molecule has 1 aliphatic heterocycles. The Hall–Kier alpha value is -1.43. The Morgan fingerprint density at radius 2 is 2.06 bits per heavy atom. The highest BCUT2D eigenvalue weighted by atomic mass is 16.5. The maximum absolute atomic E-state index is 12.1. The lowest BCUT2D eigenvalue weighted by Gasteiger charge is -2.44. The molecule has 0 saturated carbocycles. The fourth-order valence-electron chi connectivity index (χ4n) is 2.37. The first kappa shape index (κ1) is 14.6. The van der Waals surface area contributed by atoms with Crippen LogP contribution >= 0.6 is 0 Å². The zero-order valence-electron chi connectivity index (χ0n) is 10.9. The molecule has 0 aliphatic carbocycles. The number of ketones is 2. The first-order valence-corrected chi connectivity index (χ1v) is 6.02. The van der Waals surface area contributed by atoms with Crippen molar-refractivity contribution in [2.75, 3.05) is 19.7 Å². The second-order valence-electron chi connectivity index (χ2n) is 4.60. The topological polar surface area (TPSA) is 83.9 Å². The molecule has 1 heterocycles. The summed E-state index contributed by atoms with van der Waals surface area (Å²) in [5.41, 5.74) is -1.32. The van der Waals surface area contributed by atoms with Crippen molar-refractivity contribution in [2.24, 2.45) is 5.92 Å². The standard InChI is InChI=1S/C12H19NO5/c1-4-18-12(10(15)9(3)14)7-13(11(16)17)6-5-8(12)2/h8H,4-7H2,1-3H3,(H,16,17). The fourth-order valence-corrected chi connectivity index (χ4v) is 2.37. The van der Waals surface area contributed by atoms with Gasteiger partial charge in [-0.25, -0.2) is 4.79 Å². The number of ether oxygens (including phenoxy) is 1. The monoisotopic (exact) mass is 257 g/mol. The predicted molar refractivity (Wildman–Crippen MR) is 63.4 cm³/mol. The Bertz CT molecular complexity index is 367. The normalized spacial score (nSPS) is 27.9. The molecule has 0 aromatic heterocycles. The molecule has 2 atom stereocenters. The third kappa shape index (κ3) is 2.53. The van der Waals surface area contributed by atoms with E-state index in [1.165, 1.54) is 6.92 Å². The molecule has 1 aliphatic rings. The van der Waals surface area contributed by atoms with Crippen LogP contribution in [0.4, 0.5) is 4.79 Å². The van der Waals surface area contributed by atoms with Crippen molar-refractivity contribution in [1.82, 2.24) is 4.90 Å². The van der Waals surface area contributed by atoms with Crippen molar-refractivity contribution >= 4 is 17.7 Å². The van der Waals surface area contributed by atoms with E-state index in [-0.39, 0.29) is 19.1 Å². The van der Waals surface area contributed by atoms with Gasteiger partial charge in [0.05, 0.1) is 6.54 Å². The molecule has 1 rings (SSSR count). The number of likely N-dealkylation sites (tertiary alicyclic amines) is 1. The van der Waals surface area contributed by atoms with E-state index in [2.05, 4.69) is 0 Å². The Labute approximate surface area is 106 Å². The van der Waals surface area contributed by atoms with Crippen LogP contribution in [0.5, 0.6) is 0 Å². The second kappa shape index (κ2) is 5.48. The molecule has 1 amide bonds. The third-order valence-corrected chi connectivity index (χ3v) is 3.43. The summed E-state index contributed by atoms with van der Waals surface area (Å²) in [4.78, 5) is 35.6. The second-order valence-corrected chi connectivity index (χ2v) is 4.60. The number of amides is 1. The minimum absolute atomic E-state index is 0.0737. The van der Waals surface area contributed by atoms with Gasteiger partial charge < -0.3 is 14.7 Å². The number of hydrogen-bond donors (Lipinski definition) is 1. The zero-order chi connectivity index (χ0) is 13.9. The van der Waals surface area contributed by atoms with Gasteiger partial charge >= 0.3 is 6.09 Å². The van der Waals surface area contributed by atoms with E-state index >= 15 is 0 Å². The molecule has 6 nitrogen and oxygen atoms in total. The lowest BCUT2D eigenvalue weighted by Crippen LogP contribution is -2.61. The van der Waals surface area contributed by atoms with Crippen LogP contribution in [0.2, 0.25) is 0 Å². The lowest BCUT2D eigenvalue weighted by atomic mass is 9.78. The Kier molecular flexibility index (Phi) is 4.45. The summed E-state index contributed by atoms with van der Waals surface area (Å²) >= 11 is 0. The van der Waals surface area contributed by atoms with Gasteiger partial charge in [0.1, 0.15) is 0 Å². The van der Waals surface area contributed by atoms with Crippen LogP contribution in [-0.2, 0) is 14.3 Å². The number of Topliss-reactive ketones (excluding diaryl/α,β-unsaturated/α-hetero) is 2. The summed E-state index contributed by atoms with van der Waals surface area (Å²) in [5.74, 6) is -1.41. The number of piperidine rings is 1. The van der Waals surface area contributed by atoms with Crippen molar-refractivity contribution < 1.29 is 24.2 Å². The van der Waals surface area contributed by atoms with Gasteiger partial charge in [-0.05, 0) is 19.3 Å². The largest absolute Gasteiger partial charge is 0.465 e. The molecule has 1 N–H and O–H groups in total. The van der Waals surface area contributed by atoms with Gasteiger partial charge in [0.25, 0.3) is 0 Å². The zero-order valence-corrected chi connectivity index (χ0v) is 10.9. The molecule has 0 aromatic carbocycles. The van der Waals surface area contributed by atoms with Gasteiger partial charge in [-0.1, -0.05) is 6.92 Å². The third-order valence-electron chi connectivity index (χ3n) is 3.43. The summed E-state index contributed by atoms with van der Waals surface area (Å²) in [6, 6.07) is 0. The van der Waals surface area contributed by atoms with E-state index in [0.29, 0.717) is 13.0 Å². The molecule has 0 bridgehead atoms. The van der Waals surface area contributed by atoms with E-state index in [1.807, 2.05) is 6.92 Å². The molecule has 2 unspecified atom stereocenters. The van der Waals surface area contributed by atoms with Crippen LogP contribution < -0.4 is 0 Å². The minimum Gasteiger partial charge on any atom is -0.465 e. The van der Waals surface area contributed by atoms with Crippen molar-refractivity contribution in [1.29, 1.82) is 0 Å². The SMILES string of the molecule is CCOC1(C(=O)C(C)=O)CN(C(=O)O)CCC1C. The average molecular weight is 257 g/mol. The van der Waals surface area contributed by atoms with Gasteiger partial charge in [0.15, 0.2) is 11.4 Å². The molecule has 102 valence electrons. The van der Waals surface area contributed by atoms with Crippen molar-refractivity contribution in [3.05, 3.63) is 0 Å². The van der Waals surface area contributed by atoms with Crippen LogP contribution in [0.25, 0.3) is 0 Å². The summed E-state index contributed by atoms with van der Waals surface area (Å²) in [6.45, 7) is 5.27. The number of carboxylic acid groups (broad SMARTS) is 1. The highest BCUT2D eigenvalue weighted by molar-refractivity contribution is 6.39. The maximum atomic E-state index is 12.1. The van der Waals surface area contributed by atoms with E-state index in [4.69, 9.17) is 9.84 Å². The Morgan fingerprint density at radius 1 is 1.44 bits per heavy atom. The quantitative estimate of drug-likeness (QED) is 0.758. The fraction of sp³-hybridized carbons (Fsp3) is 0.750. The van der Waals surface area contributed by atoms with Crippen molar-refractivity contribution in [2.45, 2.75) is 32.8 Å². The Balaban J connectivity index is 3.09. The van der Waals surface area contributed by atoms with Gasteiger partial charge in [0, 0.05) is 20.1 Å². The molecule has 0 radical (unpaired) electrons. The number of rotatable bonds is 4. The summed E-state index contributed by atoms with van der Waals surface area (Å²) < 4.78 is 5.51. The lowest BCUT2D eigenvalue weighted by molar-refractivity contribution is -0.165. The first-order valence-electron chi connectivity index (χ1n) is 6.02. The highest BCUT2D eigenvalue weighted by Crippen LogP contribution is 2.32. The first-order chi connectivity index (χ1) is 8.35. The number of nitrogens with zero attached hydrogens (tertiary/aromatic N) is 1. The summed E-state index contributed by atoms with van der Waals surface area (Å²) in [6.07, 6.45) is -0.590. The van der Waals surface area contributed by atoms with Crippen molar-refractivity contribution in [3.8, 4) is 0 Å². The van der Waals surface area contributed by atoms with Gasteiger partial charge in [0.2, 0.25) is 5.78 Å². The maximum Gasteiger partial charge on any atom is 0.407 e. The molecule has 18 heavy (non-hydrogen) atoms. The van der Waals surface area contributed by atoms with E-state index in [1.54, 1.807) is 6.92 Å². The van der Waals surface area contributed by atoms with Crippen LogP contribution in [0, 0.1) is 5.92 Å². The summed E-state index contributed by atoms with van der Waals surface area (Å²) in [5, 5.41) is 9.02. The molecule has 1 fully saturated rings. The molecular formula is C12H19NO5. The molecule has 0 spiro atoms. The van der Waals surface area contributed by atoms with Crippen LogP contribution in [0.3, 0.4) is 0 Å². The van der Waals surface area contributed by atoms with Crippen LogP contribution in [-0.4, -0.2) is 53.0 Å². The summed E-state index contributed by atoms with van der Waals surface area (Å²) in [7, 11) is 0. The minimum atomic E-state index is -1.32. The van der Waals surface area contributed by atoms with E-state index in [9.17, 15) is 14.4 Å². The van der Waals surface area contributed by atoms with Gasteiger partial charge in [-0.15, -0.1) is 0 Å².